The van der Waals surface area contributed by atoms with Crippen LogP contribution in [0.4, 0.5) is 0 Å². The van der Waals surface area contributed by atoms with Crippen molar-refractivity contribution in [1.82, 2.24) is 4.98 Å². The molecule has 0 spiro atoms. The van der Waals surface area contributed by atoms with Gasteiger partial charge in [-0.05, 0) is 18.4 Å². The Morgan fingerprint density at radius 2 is 2.25 bits per heavy atom. The molecule has 1 atom stereocenters. The summed E-state index contributed by atoms with van der Waals surface area (Å²) in [5, 5.41) is 0.998. The summed E-state index contributed by atoms with van der Waals surface area (Å²) in [6.07, 6.45) is 3.75. The van der Waals surface area contributed by atoms with E-state index < -0.39 is 0 Å². The number of hydrogen-bond donors (Lipinski definition) is 0. The van der Waals surface area contributed by atoms with Crippen LogP contribution in [0.2, 0.25) is 0 Å². The monoisotopic (exact) mass is 184 g/mol. The minimum absolute atomic E-state index is 0.0923. The fourth-order valence-electron chi connectivity index (χ4n) is 0.756. The number of ether oxygens (including phenoxy) is 1. The molecule has 1 heterocycles. The average Bonchev–Trinajstić information content (AvgIpc) is 2.17. The van der Waals surface area contributed by atoms with Crippen LogP contribution in [-0.2, 0) is 10.7 Å². The Bertz CT molecular complexity index is 282. The molecule has 0 aliphatic carbocycles. The minimum atomic E-state index is -0.0923. The van der Waals surface area contributed by atoms with Crippen molar-refractivity contribution in [3.05, 3.63) is 18.3 Å². The molecule has 1 aromatic rings. The Labute approximate surface area is 74.9 Å². The molecule has 3 nitrogen and oxygen atoms in total. The van der Waals surface area contributed by atoms with Crippen molar-refractivity contribution in [2.75, 3.05) is 20.4 Å². The van der Waals surface area contributed by atoms with Gasteiger partial charge in [0, 0.05) is 7.05 Å². The predicted molar refractivity (Wildman–Crippen MR) is 50.7 cm³/mol. The smallest absolute Gasteiger partial charge is 0.137 e. The number of methoxy groups -OCH3 is 1. The molecule has 1 unspecified atom stereocenters. The van der Waals surface area contributed by atoms with E-state index in [1.807, 2.05) is 18.4 Å². The van der Waals surface area contributed by atoms with Crippen molar-refractivity contribution < 1.29 is 4.74 Å². The Morgan fingerprint density at radius 3 is 2.67 bits per heavy atom. The topological polar surface area (TPSA) is 34.5 Å². The maximum Gasteiger partial charge on any atom is 0.137 e. The first-order valence-corrected chi connectivity index (χ1v) is 5.13. The normalized spacial score (nSPS) is 12.9. The molecule has 12 heavy (non-hydrogen) atoms. The Hall–Kier alpha value is -0.900. The van der Waals surface area contributed by atoms with E-state index in [9.17, 15) is 0 Å². The van der Waals surface area contributed by atoms with Crippen molar-refractivity contribution in [1.29, 1.82) is 0 Å². The molecule has 0 N–H and O–H groups in total. The van der Waals surface area contributed by atoms with Gasteiger partial charge in [0.05, 0.1) is 13.3 Å². The van der Waals surface area contributed by atoms with Crippen LogP contribution in [-0.4, -0.2) is 25.4 Å². The Morgan fingerprint density at radius 1 is 1.50 bits per heavy atom. The summed E-state index contributed by atoms with van der Waals surface area (Å²) in [6, 6.07) is 3.84. The first-order valence-electron chi connectivity index (χ1n) is 3.54. The van der Waals surface area contributed by atoms with Crippen LogP contribution < -0.4 is 4.74 Å². The molecule has 0 radical (unpaired) electrons. The molecule has 0 aliphatic heterocycles. The van der Waals surface area contributed by atoms with Gasteiger partial charge in [0.2, 0.25) is 0 Å². The van der Waals surface area contributed by atoms with Crippen LogP contribution in [0.25, 0.3) is 0 Å². The van der Waals surface area contributed by atoms with Crippen LogP contribution in [0.1, 0.15) is 0 Å². The maximum absolute atomic E-state index is 4.99. The van der Waals surface area contributed by atoms with E-state index in [4.69, 9.17) is 4.74 Å². The van der Waals surface area contributed by atoms with Crippen LogP contribution >= 0.6 is 0 Å². The molecule has 0 saturated heterocycles. The van der Waals surface area contributed by atoms with E-state index in [0.29, 0.717) is 0 Å². The third-order valence-corrected chi connectivity index (χ3v) is 2.92. The van der Waals surface area contributed by atoms with E-state index in [-0.39, 0.29) is 10.7 Å². The first-order chi connectivity index (χ1) is 5.77. The molecule has 1 aromatic heterocycles. The third kappa shape index (κ3) is 2.04. The summed E-state index contributed by atoms with van der Waals surface area (Å²) >= 11 is 0. The molecule has 0 fully saturated rings. The van der Waals surface area contributed by atoms with Crippen molar-refractivity contribution in [2.45, 2.75) is 5.03 Å². The lowest BCUT2D eigenvalue weighted by Gasteiger charge is -2.01. The molecule has 0 amide bonds. The van der Waals surface area contributed by atoms with Gasteiger partial charge >= 0.3 is 0 Å². The van der Waals surface area contributed by atoms with E-state index in [2.05, 4.69) is 9.35 Å². The highest BCUT2D eigenvalue weighted by Gasteiger charge is 1.96. The predicted octanol–water partition coefficient (Wildman–Crippen LogP) is 1.51. The van der Waals surface area contributed by atoms with Crippen LogP contribution in [0, 0.1) is 0 Å². The van der Waals surface area contributed by atoms with Gasteiger partial charge in [-0.1, -0.05) is 10.7 Å². The van der Waals surface area contributed by atoms with Gasteiger partial charge in [-0.15, -0.1) is 0 Å². The number of hydrogen-bond acceptors (Lipinski definition) is 3. The van der Waals surface area contributed by atoms with Gasteiger partial charge in [-0.3, -0.25) is 4.36 Å². The molecule has 66 valence electrons. The molecule has 0 bridgehead atoms. The van der Waals surface area contributed by atoms with Crippen LogP contribution in [0.3, 0.4) is 0 Å². The van der Waals surface area contributed by atoms with E-state index in [1.165, 1.54) is 0 Å². The van der Waals surface area contributed by atoms with Gasteiger partial charge in [0.1, 0.15) is 10.8 Å². The second kappa shape index (κ2) is 4.21. The number of pyridine rings is 1. The Kier molecular flexibility index (Phi) is 3.22. The molecule has 0 saturated carbocycles. The van der Waals surface area contributed by atoms with Gasteiger partial charge < -0.3 is 4.74 Å². The van der Waals surface area contributed by atoms with E-state index >= 15 is 0 Å². The molecule has 4 heteroatoms. The lowest BCUT2D eigenvalue weighted by Crippen LogP contribution is -1.92. The lowest BCUT2D eigenvalue weighted by molar-refractivity contribution is 0.412. The molecular formula is C8H12N2OS. The summed E-state index contributed by atoms with van der Waals surface area (Å²) in [5.41, 5.74) is 0. The molecular weight excluding hydrogens is 172 g/mol. The SMILES string of the molecule is CN=S(C)c1ccc(OC)cn1. The summed E-state index contributed by atoms with van der Waals surface area (Å²) < 4.78 is 9.13. The highest BCUT2D eigenvalue weighted by molar-refractivity contribution is 7.86. The van der Waals surface area contributed by atoms with Gasteiger partial charge in [-0.2, -0.15) is 0 Å². The summed E-state index contributed by atoms with van der Waals surface area (Å²) in [7, 11) is 3.34. The van der Waals surface area contributed by atoms with Gasteiger partial charge in [-0.25, -0.2) is 4.98 Å². The summed E-state index contributed by atoms with van der Waals surface area (Å²) in [6.45, 7) is 0. The lowest BCUT2D eigenvalue weighted by atomic mass is 10.5. The zero-order chi connectivity index (χ0) is 8.97. The first kappa shape index (κ1) is 9.19. The largest absolute Gasteiger partial charge is 0.495 e. The third-order valence-electron chi connectivity index (χ3n) is 1.52. The van der Waals surface area contributed by atoms with E-state index in [1.54, 1.807) is 20.4 Å². The van der Waals surface area contributed by atoms with Crippen molar-refractivity contribution in [3.63, 3.8) is 0 Å². The number of nitrogens with zero attached hydrogens (tertiary/aromatic N) is 2. The second-order valence-corrected chi connectivity index (χ2v) is 3.94. The zero-order valence-electron chi connectivity index (χ0n) is 7.44. The fourth-order valence-corrected chi connectivity index (χ4v) is 1.41. The van der Waals surface area contributed by atoms with E-state index in [0.717, 1.165) is 10.8 Å². The van der Waals surface area contributed by atoms with Crippen molar-refractivity contribution >= 4 is 10.7 Å². The summed E-state index contributed by atoms with van der Waals surface area (Å²) in [4.78, 5) is 4.21. The van der Waals surface area contributed by atoms with Gasteiger partial charge in [0.15, 0.2) is 0 Å². The average molecular weight is 184 g/mol. The summed E-state index contributed by atoms with van der Waals surface area (Å²) in [5.74, 6) is 0.784. The highest BCUT2D eigenvalue weighted by Crippen LogP contribution is 2.10. The van der Waals surface area contributed by atoms with Crippen molar-refractivity contribution in [3.8, 4) is 5.75 Å². The minimum Gasteiger partial charge on any atom is -0.495 e. The number of rotatable bonds is 2. The van der Waals surface area contributed by atoms with Gasteiger partial charge in [0.25, 0.3) is 0 Å². The molecule has 0 aromatic carbocycles. The van der Waals surface area contributed by atoms with Crippen molar-refractivity contribution in [2.24, 2.45) is 4.36 Å². The molecule has 0 aliphatic rings. The number of aromatic nitrogens is 1. The standard InChI is InChI=1S/C8H12N2OS/c1-9-12(3)8-5-4-7(11-2)6-10-8/h4-6H,1-3H3. The maximum atomic E-state index is 4.99. The highest BCUT2D eigenvalue weighted by atomic mass is 32.2. The van der Waals surface area contributed by atoms with Crippen LogP contribution in [0.5, 0.6) is 5.75 Å². The fraction of sp³-hybridized carbons (Fsp3) is 0.375. The second-order valence-electron chi connectivity index (χ2n) is 2.20. The quantitative estimate of drug-likeness (QED) is 0.698. The van der Waals surface area contributed by atoms with Crippen LogP contribution in [0.15, 0.2) is 27.7 Å². The Balaban J connectivity index is 2.92. The molecule has 1 rings (SSSR count). The zero-order valence-corrected chi connectivity index (χ0v) is 8.26.